The molecule has 0 spiro atoms. The zero-order valence-electron chi connectivity index (χ0n) is 9.05. The number of carboxylic acid groups (broad SMARTS) is 1. The molecule has 0 unspecified atom stereocenters. The molecule has 0 bridgehead atoms. The maximum atomic E-state index is 11.0. The molecule has 0 aliphatic heterocycles. The predicted molar refractivity (Wildman–Crippen MR) is 64.9 cm³/mol. The maximum absolute atomic E-state index is 11.0. The van der Waals surface area contributed by atoms with Gasteiger partial charge in [0.2, 0.25) is 0 Å². The lowest BCUT2D eigenvalue weighted by Gasteiger charge is -2.08. The van der Waals surface area contributed by atoms with Crippen molar-refractivity contribution in [3.63, 3.8) is 0 Å². The lowest BCUT2D eigenvalue weighted by atomic mass is 10.1. The van der Waals surface area contributed by atoms with Crippen molar-refractivity contribution in [3.8, 4) is 0 Å². The quantitative estimate of drug-likeness (QED) is 0.929. The molecule has 1 aromatic carbocycles. The van der Waals surface area contributed by atoms with Crippen LogP contribution in [0.15, 0.2) is 18.5 Å². The Bertz CT molecular complexity index is 572. The van der Waals surface area contributed by atoms with Crippen LogP contribution in [-0.4, -0.2) is 31.3 Å². The summed E-state index contributed by atoms with van der Waals surface area (Å²) in [5.74, 6) is -1.09. The van der Waals surface area contributed by atoms with Crippen LogP contribution in [0, 0.1) is 0 Å². The summed E-state index contributed by atoms with van der Waals surface area (Å²) in [6.45, 7) is 0.419. The highest BCUT2D eigenvalue weighted by Crippen LogP contribution is 2.28. The van der Waals surface area contributed by atoms with Gasteiger partial charge in [-0.15, -0.1) is 10.2 Å². The summed E-state index contributed by atoms with van der Waals surface area (Å²) < 4.78 is 0. The minimum atomic E-state index is -1.09. The summed E-state index contributed by atoms with van der Waals surface area (Å²) in [5, 5.41) is 20.6. The Hall–Kier alpha value is -1.66. The Balaban J connectivity index is 2.26. The monoisotopic (exact) mass is 286 g/mol. The van der Waals surface area contributed by atoms with Gasteiger partial charge in [0.1, 0.15) is 0 Å². The van der Waals surface area contributed by atoms with Gasteiger partial charge in [0.15, 0.2) is 6.33 Å². The van der Waals surface area contributed by atoms with Gasteiger partial charge in [-0.25, -0.2) is 4.79 Å². The fraction of sp³-hybridized carbons (Fsp3) is 0.200. The van der Waals surface area contributed by atoms with E-state index < -0.39 is 5.97 Å². The van der Waals surface area contributed by atoms with E-state index in [9.17, 15) is 4.79 Å². The van der Waals surface area contributed by atoms with E-state index in [1.165, 1.54) is 23.3 Å². The van der Waals surface area contributed by atoms with Crippen LogP contribution >= 0.6 is 23.2 Å². The van der Waals surface area contributed by atoms with Gasteiger partial charge in [0.25, 0.3) is 0 Å². The summed E-state index contributed by atoms with van der Waals surface area (Å²) in [6.07, 6.45) is 1.74. The van der Waals surface area contributed by atoms with Crippen LogP contribution in [0.5, 0.6) is 0 Å². The first-order valence-electron chi connectivity index (χ1n) is 5.00. The highest BCUT2D eigenvalue weighted by atomic mass is 35.5. The van der Waals surface area contributed by atoms with E-state index in [1.807, 2.05) is 0 Å². The van der Waals surface area contributed by atoms with Gasteiger partial charge < -0.3 is 5.11 Å². The number of aromatic nitrogens is 4. The molecule has 0 amide bonds. The molecule has 0 saturated heterocycles. The molecule has 0 saturated carbocycles. The molecule has 18 heavy (non-hydrogen) atoms. The SMILES string of the molecule is O=C(O)c1ccc(Cl)c(CCn2ncnn2)c1Cl. The Morgan fingerprint density at radius 2 is 2.17 bits per heavy atom. The summed E-state index contributed by atoms with van der Waals surface area (Å²) in [6, 6.07) is 2.89. The van der Waals surface area contributed by atoms with Gasteiger partial charge in [0.05, 0.1) is 17.1 Å². The number of hydrogen-bond acceptors (Lipinski definition) is 4. The molecule has 8 heteroatoms. The maximum Gasteiger partial charge on any atom is 0.337 e. The molecule has 0 fully saturated rings. The Morgan fingerprint density at radius 3 is 2.78 bits per heavy atom. The standard InChI is InChI=1S/C10H8Cl2N4O2/c11-8-2-1-7(10(17)18)9(12)6(8)3-4-16-14-5-13-15-16/h1-2,5H,3-4H2,(H,17,18). The smallest absolute Gasteiger partial charge is 0.337 e. The molecule has 94 valence electrons. The number of benzene rings is 1. The number of nitrogens with zero attached hydrogens (tertiary/aromatic N) is 4. The second-order valence-electron chi connectivity index (χ2n) is 3.47. The number of tetrazole rings is 1. The van der Waals surface area contributed by atoms with E-state index in [0.717, 1.165) is 0 Å². The molecule has 2 aromatic rings. The molecule has 2 rings (SSSR count). The van der Waals surface area contributed by atoms with Crippen molar-refractivity contribution in [2.45, 2.75) is 13.0 Å². The highest BCUT2D eigenvalue weighted by Gasteiger charge is 2.15. The third kappa shape index (κ3) is 2.60. The van der Waals surface area contributed by atoms with Crippen molar-refractivity contribution >= 4 is 29.2 Å². The number of rotatable bonds is 4. The van der Waals surface area contributed by atoms with E-state index >= 15 is 0 Å². The van der Waals surface area contributed by atoms with Crippen molar-refractivity contribution in [3.05, 3.63) is 39.6 Å². The van der Waals surface area contributed by atoms with Crippen molar-refractivity contribution in [2.75, 3.05) is 0 Å². The van der Waals surface area contributed by atoms with Crippen LogP contribution in [-0.2, 0) is 13.0 Å². The summed E-state index contributed by atoms with van der Waals surface area (Å²) in [7, 11) is 0. The molecule has 0 atom stereocenters. The number of carboxylic acids is 1. The first-order chi connectivity index (χ1) is 8.59. The number of aromatic carboxylic acids is 1. The van der Waals surface area contributed by atoms with Crippen LogP contribution in [0.3, 0.4) is 0 Å². The second-order valence-corrected chi connectivity index (χ2v) is 4.26. The fourth-order valence-corrected chi connectivity index (χ4v) is 2.14. The van der Waals surface area contributed by atoms with Crippen molar-refractivity contribution in [1.29, 1.82) is 0 Å². The van der Waals surface area contributed by atoms with E-state index in [-0.39, 0.29) is 10.6 Å². The molecule has 0 radical (unpaired) electrons. The number of halogens is 2. The van der Waals surface area contributed by atoms with Gasteiger partial charge in [-0.2, -0.15) is 4.80 Å². The van der Waals surface area contributed by atoms with Crippen LogP contribution in [0.25, 0.3) is 0 Å². The van der Waals surface area contributed by atoms with Crippen LogP contribution in [0.1, 0.15) is 15.9 Å². The predicted octanol–water partition coefficient (Wildman–Crippen LogP) is 1.92. The molecule has 1 heterocycles. The van der Waals surface area contributed by atoms with Gasteiger partial charge in [-0.05, 0) is 29.3 Å². The lowest BCUT2D eigenvalue weighted by Crippen LogP contribution is -2.07. The van der Waals surface area contributed by atoms with Gasteiger partial charge in [-0.1, -0.05) is 23.2 Å². The van der Waals surface area contributed by atoms with E-state index in [1.54, 1.807) is 0 Å². The average Bonchev–Trinajstić information content (AvgIpc) is 2.81. The minimum absolute atomic E-state index is 0.0302. The van der Waals surface area contributed by atoms with E-state index in [2.05, 4.69) is 15.4 Å². The third-order valence-corrected chi connectivity index (χ3v) is 3.16. The molecule has 1 N–H and O–H groups in total. The summed E-state index contributed by atoms with van der Waals surface area (Å²) in [4.78, 5) is 12.3. The molecule has 0 aliphatic rings. The van der Waals surface area contributed by atoms with E-state index in [4.69, 9.17) is 28.3 Å². The highest BCUT2D eigenvalue weighted by molar-refractivity contribution is 6.37. The van der Waals surface area contributed by atoms with Crippen molar-refractivity contribution in [1.82, 2.24) is 20.2 Å². The third-order valence-electron chi connectivity index (χ3n) is 2.37. The Kier molecular flexibility index (Phi) is 3.78. The largest absolute Gasteiger partial charge is 0.478 e. The van der Waals surface area contributed by atoms with Gasteiger partial charge >= 0.3 is 5.97 Å². The zero-order valence-corrected chi connectivity index (χ0v) is 10.6. The van der Waals surface area contributed by atoms with Crippen LogP contribution in [0.4, 0.5) is 0 Å². The zero-order chi connectivity index (χ0) is 13.1. The van der Waals surface area contributed by atoms with Crippen molar-refractivity contribution in [2.24, 2.45) is 0 Å². The summed E-state index contributed by atoms with van der Waals surface area (Å²) >= 11 is 12.0. The van der Waals surface area contributed by atoms with Crippen molar-refractivity contribution < 1.29 is 9.90 Å². The molecular weight excluding hydrogens is 279 g/mol. The first kappa shape index (κ1) is 12.8. The lowest BCUT2D eigenvalue weighted by molar-refractivity contribution is 0.0697. The number of carbonyl (C=O) groups is 1. The average molecular weight is 287 g/mol. The first-order valence-corrected chi connectivity index (χ1v) is 5.76. The Morgan fingerprint density at radius 1 is 1.39 bits per heavy atom. The van der Waals surface area contributed by atoms with Gasteiger partial charge in [-0.3, -0.25) is 0 Å². The van der Waals surface area contributed by atoms with Gasteiger partial charge in [0, 0.05) is 5.02 Å². The second kappa shape index (κ2) is 5.32. The van der Waals surface area contributed by atoms with E-state index in [0.29, 0.717) is 23.6 Å². The normalized spacial score (nSPS) is 10.6. The number of hydrogen-bond donors (Lipinski definition) is 1. The molecular formula is C10H8Cl2N4O2. The number of aryl methyl sites for hydroxylation is 1. The topological polar surface area (TPSA) is 80.9 Å². The minimum Gasteiger partial charge on any atom is -0.478 e. The Labute approximate surface area is 112 Å². The molecule has 1 aromatic heterocycles. The van der Waals surface area contributed by atoms with Crippen LogP contribution in [0.2, 0.25) is 10.0 Å². The molecule has 0 aliphatic carbocycles. The fourth-order valence-electron chi connectivity index (χ4n) is 1.49. The summed E-state index contributed by atoms with van der Waals surface area (Å²) in [5.41, 5.74) is 0.596. The van der Waals surface area contributed by atoms with Crippen LogP contribution < -0.4 is 0 Å². The molecule has 6 nitrogen and oxygen atoms in total.